The van der Waals surface area contributed by atoms with Crippen LogP contribution in [-0.4, -0.2) is 51.1 Å². The van der Waals surface area contributed by atoms with Gasteiger partial charge in [-0.1, -0.05) is 54.6 Å². The molecule has 1 saturated heterocycles. The molecule has 0 saturated carbocycles. The number of benzene rings is 3. The van der Waals surface area contributed by atoms with E-state index < -0.39 is 0 Å². The van der Waals surface area contributed by atoms with Crippen molar-refractivity contribution in [3.8, 4) is 39.7 Å². The maximum absolute atomic E-state index is 6.00. The highest BCUT2D eigenvalue weighted by atomic mass is 16.5. The number of hydrogen-bond donors (Lipinski definition) is 2. The summed E-state index contributed by atoms with van der Waals surface area (Å²) in [7, 11) is 0. The molecule has 0 atom stereocenters. The van der Waals surface area contributed by atoms with Crippen LogP contribution in [0.2, 0.25) is 0 Å². The predicted octanol–water partition coefficient (Wildman–Crippen LogP) is 6.81. The van der Waals surface area contributed by atoms with Gasteiger partial charge in [-0.2, -0.15) is 0 Å². The molecule has 6 rings (SSSR count). The minimum Gasteiger partial charge on any atom is -0.493 e. The number of aromatic nitrogens is 4. The van der Waals surface area contributed by atoms with Crippen LogP contribution < -0.4 is 10.1 Å². The highest BCUT2D eigenvalue weighted by Gasteiger charge is 2.11. The van der Waals surface area contributed by atoms with Gasteiger partial charge in [-0.3, -0.25) is 0 Å². The van der Waals surface area contributed by atoms with E-state index in [-0.39, 0.29) is 0 Å². The van der Waals surface area contributed by atoms with Gasteiger partial charge in [-0.25, -0.2) is 15.0 Å². The molecule has 1 aliphatic heterocycles. The van der Waals surface area contributed by atoms with Crippen molar-refractivity contribution in [2.75, 3.05) is 31.6 Å². The molecule has 2 N–H and O–H groups in total. The first kappa shape index (κ1) is 24.8. The van der Waals surface area contributed by atoms with Crippen molar-refractivity contribution >= 4 is 11.6 Å². The molecule has 7 heteroatoms. The lowest BCUT2D eigenvalue weighted by Gasteiger charge is -2.14. The molecule has 0 unspecified atom stereocenters. The van der Waals surface area contributed by atoms with Gasteiger partial charge in [0.05, 0.1) is 24.2 Å². The van der Waals surface area contributed by atoms with E-state index in [1.165, 1.54) is 31.5 Å². The highest BCUT2D eigenvalue weighted by molar-refractivity contribution is 5.71. The monoisotopic (exact) mass is 516 g/mol. The van der Waals surface area contributed by atoms with Gasteiger partial charge >= 0.3 is 0 Å². The first-order valence-electron chi connectivity index (χ1n) is 13.6. The third-order valence-corrected chi connectivity index (χ3v) is 6.93. The molecule has 3 aromatic carbocycles. The molecule has 3 heterocycles. The van der Waals surface area contributed by atoms with E-state index in [9.17, 15) is 0 Å². The lowest BCUT2D eigenvalue weighted by molar-refractivity contribution is 0.263. The summed E-state index contributed by atoms with van der Waals surface area (Å²) in [6.07, 6.45) is 7.24. The number of nitrogens with zero attached hydrogens (tertiary/aromatic N) is 4. The topological polar surface area (TPSA) is 79.0 Å². The van der Waals surface area contributed by atoms with Crippen LogP contribution in [0.25, 0.3) is 33.9 Å². The number of imidazole rings is 1. The normalized spacial score (nSPS) is 13.4. The molecular formula is C32H32N6O. The molecule has 0 spiro atoms. The maximum Gasteiger partial charge on any atom is 0.227 e. The Bertz CT molecular complexity index is 1510. The van der Waals surface area contributed by atoms with Gasteiger partial charge in [0, 0.05) is 30.1 Å². The third-order valence-electron chi connectivity index (χ3n) is 6.93. The molecule has 5 aromatic rings. The number of anilines is 2. The fraction of sp³-hybridized carbons (Fsp3) is 0.219. The van der Waals surface area contributed by atoms with Crippen molar-refractivity contribution in [1.29, 1.82) is 0 Å². The van der Waals surface area contributed by atoms with Crippen molar-refractivity contribution in [3.05, 3.63) is 97.3 Å². The standard InChI is InChI=1S/C32H32N6O/c1-2-9-24(10-3-1)25-11-6-12-26(21-25)31-34-23-30(36-31)29-15-16-33-32(37-29)35-27-13-7-14-28(22-27)39-20-8-19-38-17-4-5-18-38/h1-3,6-7,9-16,21-23H,4-5,8,17-20H2,(H,34,36)(H,33,35,37). The number of aromatic amines is 1. The van der Waals surface area contributed by atoms with E-state index in [1.54, 1.807) is 6.20 Å². The minimum atomic E-state index is 0.515. The van der Waals surface area contributed by atoms with Gasteiger partial charge < -0.3 is 19.9 Å². The summed E-state index contributed by atoms with van der Waals surface area (Å²) in [5.74, 6) is 2.15. The first-order valence-corrected chi connectivity index (χ1v) is 13.6. The number of nitrogens with one attached hydrogen (secondary N) is 2. The SMILES string of the molecule is c1ccc(-c2cccc(-c3ncc(-c4ccnc(Nc5cccc(OCCCN6CCCC6)c5)n4)[nH]3)c2)cc1. The summed E-state index contributed by atoms with van der Waals surface area (Å²) in [5.41, 5.74) is 5.82. The highest BCUT2D eigenvalue weighted by Crippen LogP contribution is 2.27. The molecule has 0 aliphatic carbocycles. The number of ether oxygens (including phenoxy) is 1. The number of likely N-dealkylation sites (tertiary alicyclic amines) is 1. The zero-order valence-electron chi connectivity index (χ0n) is 21.9. The van der Waals surface area contributed by atoms with Gasteiger partial charge in [0.1, 0.15) is 11.6 Å². The van der Waals surface area contributed by atoms with Crippen LogP contribution in [0, 0.1) is 0 Å². The fourth-order valence-electron chi connectivity index (χ4n) is 4.92. The molecule has 39 heavy (non-hydrogen) atoms. The second-order valence-electron chi connectivity index (χ2n) is 9.76. The summed E-state index contributed by atoms with van der Waals surface area (Å²) in [5, 5.41) is 3.31. The van der Waals surface area contributed by atoms with Crippen LogP contribution in [0.3, 0.4) is 0 Å². The fourth-order valence-corrected chi connectivity index (χ4v) is 4.92. The van der Waals surface area contributed by atoms with E-state index in [4.69, 9.17) is 9.72 Å². The maximum atomic E-state index is 6.00. The Hall–Kier alpha value is -4.49. The summed E-state index contributed by atoms with van der Waals surface area (Å²) >= 11 is 0. The lowest BCUT2D eigenvalue weighted by atomic mass is 10.0. The molecule has 0 bridgehead atoms. The number of rotatable bonds is 10. The Kier molecular flexibility index (Phi) is 7.59. The van der Waals surface area contributed by atoms with E-state index >= 15 is 0 Å². The van der Waals surface area contributed by atoms with Crippen LogP contribution in [0.5, 0.6) is 5.75 Å². The van der Waals surface area contributed by atoms with E-state index in [0.29, 0.717) is 12.6 Å². The molecule has 1 fully saturated rings. The zero-order valence-corrected chi connectivity index (χ0v) is 21.9. The summed E-state index contributed by atoms with van der Waals surface area (Å²) in [6.45, 7) is 4.26. The average molecular weight is 517 g/mol. The Morgan fingerprint density at radius 3 is 2.54 bits per heavy atom. The molecule has 0 radical (unpaired) electrons. The second-order valence-corrected chi connectivity index (χ2v) is 9.76. The van der Waals surface area contributed by atoms with Crippen LogP contribution >= 0.6 is 0 Å². The van der Waals surface area contributed by atoms with Crippen molar-refractivity contribution < 1.29 is 4.74 Å². The molecule has 0 amide bonds. The van der Waals surface area contributed by atoms with Crippen LogP contribution in [0.4, 0.5) is 11.6 Å². The minimum absolute atomic E-state index is 0.515. The molecule has 2 aromatic heterocycles. The van der Waals surface area contributed by atoms with Gasteiger partial charge in [-0.15, -0.1) is 0 Å². The van der Waals surface area contributed by atoms with Gasteiger partial charge in [0.15, 0.2) is 0 Å². The van der Waals surface area contributed by atoms with Crippen LogP contribution in [0.1, 0.15) is 19.3 Å². The Morgan fingerprint density at radius 1 is 0.821 bits per heavy atom. The van der Waals surface area contributed by atoms with Gasteiger partial charge in [0.2, 0.25) is 5.95 Å². The van der Waals surface area contributed by atoms with Crippen molar-refractivity contribution in [2.24, 2.45) is 0 Å². The lowest BCUT2D eigenvalue weighted by Crippen LogP contribution is -2.21. The molecule has 7 nitrogen and oxygen atoms in total. The second kappa shape index (κ2) is 11.9. The van der Waals surface area contributed by atoms with E-state index in [2.05, 4.69) is 61.6 Å². The summed E-state index contributed by atoms with van der Waals surface area (Å²) < 4.78 is 6.00. The number of hydrogen-bond acceptors (Lipinski definition) is 6. The van der Waals surface area contributed by atoms with Crippen LogP contribution in [-0.2, 0) is 0 Å². The zero-order chi connectivity index (χ0) is 26.3. The summed E-state index contributed by atoms with van der Waals surface area (Å²) in [4.78, 5) is 19.7. The Morgan fingerprint density at radius 2 is 1.64 bits per heavy atom. The summed E-state index contributed by atoms with van der Waals surface area (Å²) in [6, 6.07) is 28.5. The third kappa shape index (κ3) is 6.33. The number of H-pyrrole nitrogens is 1. The Balaban J connectivity index is 1.11. The van der Waals surface area contributed by atoms with Crippen LogP contribution in [0.15, 0.2) is 97.3 Å². The van der Waals surface area contributed by atoms with Crippen molar-refractivity contribution in [1.82, 2.24) is 24.8 Å². The average Bonchev–Trinajstić information content (AvgIpc) is 3.70. The predicted molar refractivity (Wildman–Crippen MR) is 156 cm³/mol. The van der Waals surface area contributed by atoms with Crippen molar-refractivity contribution in [3.63, 3.8) is 0 Å². The van der Waals surface area contributed by atoms with E-state index in [1.807, 2.05) is 54.7 Å². The quantitative estimate of drug-likeness (QED) is 0.199. The van der Waals surface area contributed by atoms with Crippen molar-refractivity contribution in [2.45, 2.75) is 19.3 Å². The largest absolute Gasteiger partial charge is 0.493 e. The van der Waals surface area contributed by atoms with E-state index in [0.717, 1.165) is 52.7 Å². The van der Waals surface area contributed by atoms with Gasteiger partial charge in [0.25, 0.3) is 0 Å². The molecule has 1 aliphatic rings. The molecule has 196 valence electrons. The molecular weight excluding hydrogens is 484 g/mol. The van der Waals surface area contributed by atoms with Gasteiger partial charge in [-0.05, 0) is 67.7 Å². The Labute approximate surface area is 228 Å². The smallest absolute Gasteiger partial charge is 0.227 e. The first-order chi connectivity index (χ1) is 19.3.